The number of amides is 1. The van der Waals surface area contributed by atoms with Crippen LogP contribution in [-0.2, 0) is 4.79 Å². The number of thiazole rings is 1. The predicted molar refractivity (Wildman–Crippen MR) is 109 cm³/mol. The third-order valence-electron chi connectivity index (χ3n) is 3.89. The normalized spacial score (nSPS) is 12.1. The van der Waals surface area contributed by atoms with Gasteiger partial charge in [-0.1, -0.05) is 35.9 Å². The van der Waals surface area contributed by atoms with Crippen molar-refractivity contribution < 1.29 is 23.1 Å². The van der Waals surface area contributed by atoms with Gasteiger partial charge in [0, 0.05) is 21.5 Å². The molecule has 1 amide bonds. The fourth-order valence-corrected chi connectivity index (χ4v) is 3.42. The van der Waals surface area contributed by atoms with Gasteiger partial charge in [0.2, 0.25) is 0 Å². The van der Waals surface area contributed by atoms with Gasteiger partial charge < -0.3 is 10.4 Å². The van der Waals surface area contributed by atoms with E-state index in [9.17, 15) is 28.3 Å². The SMILES string of the molecule is N#CC(=C(O)c1ccccc1NC(=O)C(F)(F)F)c1nc(-c2ccc(Cl)cc2)cs1. The zero-order valence-corrected chi connectivity index (χ0v) is 16.4. The van der Waals surface area contributed by atoms with E-state index in [1.54, 1.807) is 35.0 Å². The minimum Gasteiger partial charge on any atom is -0.506 e. The van der Waals surface area contributed by atoms with Crippen LogP contribution in [0, 0.1) is 11.3 Å². The number of allylic oxidation sites excluding steroid dienone is 1. The number of rotatable bonds is 4. The van der Waals surface area contributed by atoms with Gasteiger partial charge >= 0.3 is 12.1 Å². The van der Waals surface area contributed by atoms with Gasteiger partial charge in [-0.05, 0) is 24.3 Å². The highest BCUT2D eigenvalue weighted by Crippen LogP contribution is 2.33. The third kappa shape index (κ3) is 4.62. The number of aliphatic hydroxyl groups excluding tert-OH is 1. The zero-order valence-electron chi connectivity index (χ0n) is 14.9. The first-order valence-corrected chi connectivity index (χ1v) is 9.49. The fourth-order valence-electron chi connectivity index (χ4n) is 2.47. The molecule has 3 rings (SSSR count). The quantitative estimate of drug-likeness (QED) is 0.382. The second-order valence-electron chi connectivity index (χ2n) is 5.88. The lowest BCUT2D eigenvalue weighted by atomic mass is 10.1. The van der Waals surface area contributed by atoms with Crippen LogP contribution in [0.15, 0.2) is 53.9 Å². The lowest BCUT2D eigenvalue weighted by molar-refractivity contribution is -0.167. The molecule has 0 aliphatic heterocycles. The average molecular weight is 450 g/mol. The summed E-state index contributed by atoms with van der Waals surface area (Å²) in [6.45, 7) is 0. The Bertz CT molecular complexity index is 1170. The van der Waals surface area contributed by atoms with Crippen molar-refractivity contribution in [2.24, 2.45) is 0 Å². The van der Waals surface area contributed by atoms with Crippen molar-refractivity contribution in [1.82, 2.24) is 4.98 Å². The summed E-state index contributed by atoms with van der Waals surface area (Å²) < 4.78 is 37.8. The molecule has 0 aliphatic carbocycles. The highest BCUT2D eigenvalue weighted by atomic mass is 35.5. The number of anilines is 1. The summed E-state index contributed by atoms with van der Waals surface area (Å²) in [6, 6.07) is 13.9. The Morgan fingerprint density at radius 3 is 2.47 bits per heavy atom. The summed E-state index contributed by atoms with van der Waals surface area (Å²) in [5, 5.41) is 24.2. The van der Waals surface area contributed by atoms with Crippen LogP contribution < -0.4 is 5.32 Å². The lowest BCUT2D eigenvalue weighted by Gasteiger charge is -2.12. The molecule has 0 aliphatic rings. The molecule has 3 aromatic rings. The van der Waals surface area contributed by atoms with Crippen molar-refractivity contribution in [3.63, 3.8) is 0 Å². The van der Waals surface area contributed by atoms with Crippen LogP contribution in [0.5, 0.6) is 0 Å². The molecule has 10 heteroatoms. The van der Waals surface area contributed by atoms with E-state index in [0.29, 0.717) is 10.7 Å². The molecule has 1 heterocycles. The van der Waals surface area contributed by atoms with E-state index in [-0.39, 0.29) is 21.8 Å². The molecule has 1 aromatic heterocycles. The topological polar surface area (TPSA) is 86.0 Å². The van der Waals surface area contributed by atoms with Crippen molar-refractivity contribution in [3.8, 4) is 17.3 Å². The van der Waals surface area contributed by atoms with E-state index in [1.165, 1.54) is 24.3 Å². The van der Waals surface area contributed by atoms with Crippen molar-refractivity contribution in [2.75, 3.05) is 5.32 Å². The summed E-state index contributed by atoms with van der Waals surface area (Å²) in [5.74, 6) is -2.80. The lowest BCUT2D eigenvalue weighted by Crippen LogP contribution is -2.30. The molecule has 30 heavy (non-hydrogen) atoms. The summed E-state index contributed by atoms with van der Waals surface area (Å²) in [4.78, 5) is 15.6. The number of alkyl halides is 3. The van der Waals surface area contributed by atoms with E-state index in [0.717, 1.165) is 16.9 Å². The van der Waals surface area contributed by atoms with Crippen LogP contribution >= 0.6 is 22.9 Å². The molecule has 0 atom stereocenters. The zero-order chi connectivity index (χ0) is 21.9. The number of benzene rings is 2. The molecule has 5 nitrogen and oxygen atoms in total. The smallest absolute Gasteiger partial charge is 0.471 e. The Labute approximate surface area is 177 Å². The van der Waals surface area contributed by atoms with E-state index < -0.39 is 17.8 Å². The molecular formula is C20H11ClF3N3O2S. The third-order valence-corrected chi connectivity index (χ3v) is 5.01. The Balaban J connectivity index is 2.01. The first-order chi connectivity index (χ1) is 14.2. The van der Waals surface area contributed by atoms with Crippen molar-refractivity contribution in [1.29, 1.82) is 5.26 Å². The van der Waals surface area contributed by atoms with Crippen LogP contribution in [0.2, 0.25) is 5.02 Å². The second-order valence-corrected chi connectivity index (χ2v) is 7.17. The number of aromatic nitrogens is 1. The van der Waals surface area contributed by atoms with Crippen LogP contribution in [0.25, 0.3) is 22.6 Å². The molecule has 2 N–H and O–H groups in total. The van der Waals surface area contributed by atoms with Gasteiger partial charge in [-0.3, -0.25) is 4.79 Å². The number of aliphatic hydroxyl groups is 1. The van der Waals surface area contributed by atoms with Crippen molar-refractivity contribution in [3.05, 3.63) is 69.5 Å². The Kier molecular flexibility index (Phi) is 6.10. The molecule has 0 saturated carbocycles. The van der Waals surface area contributed by atoms with Gasteiger partial charge in [0.25, 0.3) is 0 Å². The Morgan fingerprint density at radius 2 is 1.83 bits per heavy atom. The van der Waals surface area contributed by atoms with E-state index in [2.05, 4.69) is 4.98 Å². The molecule has 0 saturated heterocycles. The molecular weight excluding hydrogens is 439 g/mol. The summed E-state index contributed by atoms with van der Waals surface area (Å²) in [5.41, 5.74) is 0.589. The summed E-state index contributed by atoms with van der Waals surface area (Å²) in [6.07, 6.45) is -5.10. The Hall–Kier alpha value is -3.35. The number of hydrogen-bond acceptors (Lipinski definition) is 5. The molecule has 0 spiro atoms. The summed E-state index contributed by atoms with van der Waals surface area (Å²) in [7, 11) is 0. The minimum absolute atomic E-state index is 0.144. The van der Waals surface area contributed by atoms with Gasteiger partial charge in [0.1, 0.15) is 22.4 Å². The van der Waals surface area contributed by atoms with Crippen molar-refractivity contribution in [2.45, 2.75) is 6.18 Å². The number of hydrogen-bond donors (Lipinski definition) is 2. The fraction of sp³-hybridized carbons (Fsp3) is 0.0500. The number of halogens is 4. The highest BCUT2D eigenvalue weighted by molar-refractivity contribution is 7.11. The monoisotopic (exact) mass is 449 g/mol. The molecule has 0 radical (unpaired) electrons. The van der Waals surface area contributed by atoms with Crippen LogP contribution in [0.3, 0.4) is 0 Å². The summed E-state index contributed by atoms with van der Waals surface area (Å²) >= 11 is 6.94. The van der Waals surface area contributed by atoms with E-state index >= 15 is 0 Å². The van der Waals surface area contributed by atoms with Gasteiger partial charge in [0.05, 0.1) is 11.4 Å². The number of nitrogens with one attached hydrogen (secondary N) is 1. The maximum Gasteiger partial charge on any atom is 0.471 e. The average Bonchev–Trinajstić information content (AvgIpc) is 3.18. The molecule has 2 aromatic carbocycles. The van der Waals surface area contributed by atoms with Gasteiger partial charge in [-0.15, -0.1) is 11.3 Å². The largest absolute Gasteiger partial charge is 0.506 e. The molecule has 0 unspecified atom stereocenters. The van der Waals surface area contributed by atoms with Crippen LogP contribution in [0.1, 0.15) is 10.6 Å². The number of nitriles is 1. The van der Waals surface area contributed by atoms with Gasteiger partial charge in [-0.2, -0.15) is 18.4 Å². The van der Waals surface area contributed by atoms with E-state index in [4.69, 9.17) is 11.6 Å². The maximum atomic E-state index is 12.6. The minimum atomic E-state index is -5.10. The highest BCUT2D eigenvalue weighted by Gasteiger charge is 2.39. The first kappa shape index (κ1) is 21.4. The van der Waals surface area contributed by atoms with Gasteiger partial charge in [0.15, 0.2) is 0 Å². The standard InChI is InChI=1S/C20H11ClF3N3O2S/c21-12-7-5-11(6-8-12)16-10-30-18(26-16)14(9-25)17(28)13-3-1-2-4-15(13)27-19(29)20(22,23)24/h1-8,10,28H,(H,27,29). The van der Waals surface area contributed by atoms with Gasteiger partial charge in [-0.25, -0.2) is 4.98 Å². The molecule has 0 fully saturated rings. The van der Waals surface area contributed by atoms with Crippen molar-refractivity contribution >= 4 is 45.9 Å². The number of carbonyl (C=O) groups excluding carboxylic acids is 1. The number of para-hydroxylation sites is 1. The Morgan fingerprint density at radius 1 is 1.17 bits per heavy atom. The van der Waals surface area contributed by atoms with E-state index in [1.807, 2.05) is 6.07 Å². The molecule has 0 bridgehead atoms. The first-order valence-electron chi connectivity index (χ1n) is 8.23. The van der Waals surface area contributed by atoms with Crippen LogP contribution in [-0.4, -0.2) is 22.2 Å². The number of carbonyl (C=O) groups is 1. The molecule has 152 valence electrons. The van der Waals surface area contributed by atoms with Crippen LogP contribution in [0.4, 0.5) is 18.9 Å². The predicted octanol–water partition coefficient (Wildman–Crippen LogP) is 5.91. The second kappa shape index (κ2) is 8.57. The maximum absolute atomic E-state index is 12.6. The number of nitrogens with zero attached hydrogens (tertiary/aromatic N) is 2.